The molecule has 5 nitrogen and oxygen atoms in total. The van der Waals surface area contributed by atoms with E-state index in [2.05, 4.69) is 85.9 Å². The minimum absolute atomic E-state index is 0.125. The molecule has 0 aliphatic carbocycles. The number of esters is 1. The molecule has 0 radical (unpaired) electrons. The van der Waals surface area contributed by atoms with Crippen LogP contribution in [0.15, 0.2) is 97.1 Å². The molecule has 0 fully saturated rings. The quantitative estimate of drug-likeness (QED) is 0.128. The van der Waals surface area contributed by atoms with Crippen molar-refractivity contribution in [2.75, 3.05) is 13.2 Å². The molecule has 0 aliphatic heterocycles. The molecule has 0 spiro atoms. The number of carbonyl (C=O) groups is 1. The van der Waals surface area contributed by atoms with Gasteiger partial charge in [0.1, 0.15) is 11.5 Å². The van der Waals surface area contributed by atoms with E-state index >= 15 is 0 Å². The summed E-state index contributed by atoms with van der Waals surface area (Å²) in [4.78, 5) is 10.9. The topological polar surface area (TPSA) is 87.0 Å². The summed E-state index contributed by atoms with van der Waals surface area (Å²) in [6, 6.07) is 4.97. The molecule has 0 unspecified atom stereocenters. The standard InChI is InChI=1S/C17H26O3.C2H6O2.6C2H4/c1-3-4-5-6-7-8-9-10-15-13-16(20-14(2)18)11-12-17(15)19;3-1-2-4;6*1-2/h11-13,19H,3-10H2,1-2H3;3-4H,1-2H2;6*1-2H2. The van der Waals surface area contributed by atoms with E-state index in [9.17, 15) is 9.90 Å². The van der Waals surface area contributed by atoms with Crippen molar-refractivity contribution in [2.24, 2.45) is 0 Å². The van der Waals surface area contributed by atoms with Crippen LogP contribution in [0.3, 0.4) is 0 Å². The number of rotatable bonds is 10. The summed E-state index contributed by atoms with van der Waals surface area (Å²) in [5, 5.41) is 25.1. The summed E-state index contributed by atoms with van der Waals surface area (Å²) < 4.78 is 5.03. The Morgan fingerprint density at radius 2 is 1.11 bits per heavy atom. The normalized spacial score (nSPS) is 7.33. The molecule has 36 heavy (non-hydrogen) atoms. The van der Waals surface area contributed by atoms with Gasteiger partial charge in [-0.05, 0) is 36.6 Å². The lowest BCUT2D eigenvalue weighted by Crippen LogP contribution is -2.01. The zero-order chi connectivity index (χ0) is 30.2. The van der Waals surface area contributed by atoms with Gasteiger partial charge in [-0.2, -0.15) is 0 Å². The van der Waals surface area contributed by atoms with Crippen molar-refractivity contribution in [3.05, 3.63) is 103 Å². The molecule has 3 N–H and O–H groups in total. The lowest BCUT2D eigenvalue weighted by atomic mass is 10.0. The van der Waals surface area contributed by atoms with Crippen LogP contribution in [0, 0.1) is 0 Å². The first kappa shape index (κ1) is 49.9. The van der Waals surface area contributed by atoms with E-state index in [0.717, 1.165) is 18.4 Å². The number of phenols is 1. The van der Waals surface area contributed by atoms with Gasteiger partial charge in [0.25, 0.3) is 0 Å². The Morgan fingerprint density at radius 1 is 0.722 bits per heavy atom. The van der Waals surface area contributed by atoms with Gasteiger partial charge >= 0.3 is 5.97 Å². The van der Waals surface area contributed by atoms with E-state index in [1.165, 1.54) is 45.4 Å². The van der Waals surface area contributed by atoms with Crippen molar-refractivity contribution in [3.8, 4) is 11.5 Å². The minimum Gasteiger partial charge on any atom is -0.508 e. The van der Waals surface area contributed by atoms with Crippen molar-refractivity contribution in [1.82, 2.24) is 0 Å². The zero-order valence-electron chi connectivity index (χ0n) is 23.4. The van der Waals surface area contributed by atoms with E-state index in [1.807, 2.05) is 0 Å². The maximum Gasteiger partial charge on any atom is 0.308 e. The fraction of sp³-hybridized carbons (Fsp3) is 0.387. The Morgan fingerprint density at radius 3 is 1.47 bits per heavy atom. The molecule has 0 amide bonds. The molecular weight excluding hydrogens is 452 g/mol. The molecule has 5 heteroatoms. The number of carbonyl (C=O) groups excluding carboxylic acids is 1. The van der Waals surface area contributed by atoms with Crippen LogP contribution in [0.25, 0.3) is 0 Å². The van der Waals surface area contributed by atoms with Gasteiger partial charge < -0.3 is 20.1 Å². The van der Waals surface area contributed by atoms with Gasteiger partial charge in [0, 0.05) is 6.92 Å². The number of hydrogen-bond acceptors (Lipinski definition) is 5. The predicted octanol–water partition coefficient (Wildman–Crippen LogP) is 8.39. The highest BCUT2D eigenvalue weighted by molar-refractivity contribution is 5.69. The average molecular weight is 509 g/mol. The summed E-state index contributed by atoms with van der Waals surface area (Å²) in [6.07, 6.45) is 9.54. The predicted molar refractivity (Wildman–Crippen MR) is 163 cm³/mol. The molecule has 0 aliphatic rings. The number of hydrogen-bond donors (Lipinski definition) is 3. The van der Waals surface area contributed by atoms with Crippen LogP contribution < -0.4 is 4.74 Å². The Balaban J connectivity index is -0.0000000882. The van der Waals surface area contributed by atoms with Gasteiger partial charge in [-0.15, -0.1) is 78.9 Å². The van der Waals surface area contributed by atoms with Crippen LogP contribution in [0.2, 0.25) is 0 Å². The molecular formula is C31H56O5. The molecule has 1 rings (SSSR count). The second-order valence-corrected chi connectivity index (χ2v) is 5.70. The lowest BCUT2D eigenvalue weighted by molar-refractivity contribution is -0.131. The summed E-state index contributed by atoms with van der Waals surface area (Å²) in [5.41, 5.74) is 0.859. The number of ether oxygens (including phenoxy) is 1. The minimum atomic E-state index is -0.336. The second kappa shape index (κ2) is 58.1. The third kappa shape index (κ3) is 48.3. The molecule has 0 bridgehead atoms. The first-order chi connectivity index (χ1) is 17.5. The number of aliphatic hydroxyl groups is 2. The van der Waals surface area contributed by atoms with Gasteiger partial charge in [-0.1, -0.05) is 45.4 Å². The number of benzene rings is 1. The Bertz CT molecular complexity index is 514. The highest BCUT2D eigenvalue weighted by atomic mass is 16.5. The van der Waals surface area contributed by atoms with Crippen LogP contribution in [0.1, 0.15) is 64.4 Å². The van der Waals surface area contributed by atoms with Gasteiger partial charge in [0.05, 0.1) is 13.2 Å². The molecule has 0 aromatic heterocycles. The summed E-state index contributed by atoms with van der Waals surface area (Å²) in [7, 11) is 0. The first-order valence-corrected chi connectivity index (χ1v) is 11.8. The van der Waals surface area contributed by atoms with Crippen LogP contribution >= 0.6 is 0 Å². The number of unbranched alkanes of at least 4 members (excludes halogenated alkanes) is 6. The van der Waals surface area contributed by atoms with Crippen molar-refractivity contribution in [2.45, 2.75) is 65.2 Å². The third-order valence-corrected chi connectivity index (χ3v) is 3.46. The van der Waals surface area contributed by atoms with E-state index in [4.69, 9.17) is 14.9 Å². The maximum atomic E-state index is 10.9. The number of aromatic hydroxyl groups is 1. The SMILES string of the molecule is C=C.C=C.C=C.C=C.C=C.C=C.CCCCCCCCCc1cc(OC(C)=O)ccc1O.OCCO. The molecule has 210 valence electrons. The van der Waals surface area contributed by atoms with E-state index < -0.39 is 0 Å². The summed E-state index contributed by atoms with van der Waals surface area (Å²) in [5.74, 6) is 0.456. The first-order valence-electron chi connectivity index (χ1n) is 11.8. The number of aliphatic hydroxyl groups excluding tert-OH is 2. The van der Waals surface area contributed by atoms with Gasteiger partial charge in [0.2, 0.25) is 0 Å². The molecule has 0 atom stereocenters. The third-order valence-electron chi connectivity index (χ3n) is 3.46. The molecule has 0 heterocycles. The maximum absolute atomic E-state index is 10.9. The van der Waals surface area contributed by atoms with Gasteiger partial charge in [-0.25, -0.2) is 0 Å². The van der Waals surface area contributed by atoms with Crippen molar-refractivity contribution < 1.29 is 24.9 Å². The highest BCUT2D eigenvalue weighted by Crippen LogP contribution is 2.25. The largest absolute Gasteiger partial charge is 0.508 e. The lowest BCUT2D eigenvalue weighted by Gasteiger charge is -2.07. The fourth-order valence-electron chi connectivity index (χ4n) is 2.26. The smallest absolute Gasteiger partial charge is 0.308 e. The Hall–Kier alpha value is -3.15. The molecule has 1 aromatic carbocycles. The van der Waals surface area contributed by atoms with Crippen LogP contribution in [-0.2, 0) is 11.2 Å². The average Bonchev–Trinajstić information content (AvgIpc) is 2.96. The number of aryl methyl sites for hydroxylation is 1. The summed E-state index contributed by atoms with van der Waals surface area (Å²) >= 11 is 0. The van der Waals surface area contributed by atoms with Crippen LogP contribution in [0.4, 0.5) is 0 Å². The fourth-order valence-corrected chi connectivity index (χ4v) is 2.26. The van der Waals surface area contributed by atoms with E-state index in [0.29, 0.717) is 5.75 Å². The van der Waals surface area contributed by atoms with Crippen LogP contribution in [0.5, 0.6) is 11.5 Å². The second-order valence-electron chi connectivity index (χ2n) is 5.70. The van der Waals surface area contributed by atoms with Crippen molar-refractivity contribution >= 4 is 5.97 Å². The Kier molecular flexibility index (Phi) is 80.4. The molecule has 1 aromatic rings. The zero-order valence-corrected chi connectivity index (χ0v) is 23.4. The molecule has 0 saturated heterocycles. The monoisotopic (exact) mass is 508 g/mol. The summed E-state index contributed by atoms with van der Waals surface area (Å²) in [6.45, 7) is 39.3. The van der Waals surface area contributed by atoms with E-state index in [1.54, 1.807) is 18.2 Å². The van der Waals surface area contributed by atoms with Gasteiger partial charge in [0.15, 0.2) is 0 Å². The Labute approximate surface area is 223 Å². The molecule has 0 saturated carbocycles. The van der Waals surface area contributed by atoms with Gasteiger partial charge in [-0.3, -0.25) is 4.79 Å². The van der Waals surface area contributed by atoms with Crippen molar-refractivity contribution in [1.29, 1.82) is 0 Å². The van der Waals surface area contributed by atoms with Crippen LogP contribution in [-0.4, -0.2) is 34.5 Å². The highest BCUT2D eigenvalue weighted by Gasteiger charge is 2.05. The van der Waals surface area contributed by atoms with E-state index in [-0.39, 0.29) is 24.9 Å². The van der Waals surface area contributed by atoms with Crippen molar-refractivity contribution in [3.63, 3.8) is 0 Å². The number of phenolic OH excluding ortho intramolecular Hbond substituents is 1.